The maximum absolute atomic E-state index is 11.6. The van der Waals surface area contributed by atoms with Crippen molar-refractivity contribution in [1.29, 1.82) is 0 Å². The van der Waals surface area contributed by atoms with Crippen LogP contribution in [0.3, 0.4) is 0 Å². The van der Waals surface area contributed by atoms with Crippen molar-refractivity contribution in [1.82, 2.24) is 10.6 Å². The summed E-state index contributed by atoms with van der Waals surface area (Å²) in [5.74, 6) is -0.817. The Bertz CT molecular complexity index is 484. The van der Waals surface area contributed by atoms with Gasteiger partial charge in [0.1, 0.15) is 6.04 Å². The number of nitrogens with one attached hydrogen (secondary N) is 2. The van der Waals surface area contributed by atoms with Crippen LogP contribution >= 0.6 is 0 Å². The maximum atomic E-state index is 11.6. The van der Waals surface area contributed by atoms with E-state index in [1.165, 1.54) is 0 Å². The number of carboxylic acids is 1. The van der Waals surface area contributed by atoms with E-state index in [1.54, 1.807) is 0 Å². The molecule has 0 aliphatic heterocycles. The normalized spacial score (nSPS) is 12.3. The Morgan fingerprint density at radius 3 is 2.48 bits per heavy atom. The molecular formula is C16H22N2O3. The zero-order valence-electron chi connectivity index (χ0n) is 12.4. The Kier molecular flexibility index (Phi) is 7.01. The van der Waals surface area contributed by atoms with Crippen LogP contribution in [0.15, 0.2) is 36.4 Å². The molecule has 1 aromatic carbocycles. The van der Waals surface area contributed by atoms with Crippen molar-refractivity contribution in [3.05, 3.63) is 42.0 Å². The van der Waals surface area contributed by atoms with Crippen molar-refractivity contribution < 1.29 is 14.7 Å². The molecular weight excluding hydrogens is 268 g/mol. The summed E-state index contributed by atoms with van der Waals surface area (Å²) in [5, 5.41) is 14.1. The molecule has 1 rings (SSSR count). The number of carbonyl (C=O) groups is 2. The minimum atomic E-state index is -1.02. The van der Waals surface area contributed by atoms with Gasteiger partial charge in [-0.05, 0) is 17.9 Å². The Morgan fingerprint density at radius 1 is 1.24 bits per heavy atom. The number of amides is 2. The molecule has 114 valence electrons. The van der Waals surface area contributed by atoms with Gasteiger partial charge in [-0.3, -0.25) is 0 Å². The van der Waals surface area contributed by atoms with Crippen LogP contribution in [0.4, 0.5) is 4.79 Å². The van der Waals surface area contributed by atoms with Crippen molar-refractivity contribution in [3.8, 4) is 0 Å². The second-order valence-electron chi connectivity index (χ2n) is 5.19. The molecule has 21 heavy (non-hydrogen) atoms. The van der Waals surface area contributed by atoms with Gasteiger partial charge < -0.3 is 15.7 Å². The molecule has 1 atom stereocenters. The first-order valence-electron chi connectivity index (χ1n) is 6.97. The molecule has 0 fully saturated rings. The van der Waals surface area contributed by atoms with Crippen LogP contribution in [0, 0.1) is 5.92 Å². The van der Waals surface area contributed by atoms with Gasteiger partial charge in [-0.15, -0.1) is 0 Å². The van der Waals surface area contributed by atoms with Crippen molar-refractivity contribution in [2.24, 2.45) is 5.92 Å². The highest BCUT2D eigenvalue weighted by Crippen LogP contribution is 2.04. The number of rotatable bonds is 7. The first-order valence-corrected chi connectivity index (χ1v) is 6.97. The lowest BCUT2D eigenvalue weighted by molar-refractivity contribution is -0.139. The fourth-order valence-electron chi connectivity index (χ4n) is 1.81. The average Bonchev–Trinajstić information content (AvgIpc) is 2.43. The van der Waals surface area contributed by atoms with Crippen LogP contribution in [0.1, 0.15) is 25.8 Å². The Hall–Kier alpha value is -2.30. The monoisotopic (exact) mass is 290 g/mol. The molecule has 0 aliphatic carbocycles. The fourth-order valence-corrected chi connectivity index (χ4v) is 1.81. The molecule has 0 saturated carbocycles. The lowest BCUT2D eigenvalue weighted by atomic mass is 10.0. The van der Waals surface area contributed by atoms with Crippen LogP contribution in [-0.2, 0) is 4.79 Å². The van der Waals surface area contributed by atoms with E-state index in [0.717, 1.165) is 5.56 Å². The van der Waals surface area contributed by atoms with Gasteiger partial charge in [0.15, 0.2) is 0 Å². The van der Waals surface area contributed by atoms with Crippen LogP contribution in [-0.4, -0.2) is 29.7 Å². The topological polar surface area (TPSA) is 78.4 Å². The number of benzene rings is 1. The number of aliphatic carboxylic acids is 1. The van der Waals surface area contributed by atoms with Crippen LogP contribution in [0.2, 0.25) is 0 Å². The third-order valence-electron chi connectivity index (χ3n) is 2.80. The van der Waals surface area contributed by atoms with Crippen molar-refractivity contribution in [2.45, 2.75) is 26.3 Å². The van der Waals surface area contributed by atoms with E-state index in [0.29, 0.717) is 13.0 Å². The van der Waals surface area contributed by atoms with Gasteiger partial charge in [-0.2, -0.15) is 0 Å². The highest BCUT2D eigenvalue weighted by Gasteiger charge is 2.20. The van der Waals surface area contributed by atoms with E-state index >= 15 is 0 Å². The zero-order valence-corrected chi connectivity index (χ0v) is 12.4. The summed E-state index contributed by atoms with van der Waals surface area (Å²) in [4.78, 5) is 22.7. The van der Waals surface area contributed by atoms with Gasteiger partial charge in [-0.1, -0.05) is 56.3 Å². The molecule has 0 bridgehead atoms. The fraction of sp³-hybridized carbons (Fsp3) is 0.375. The molecule has 0 aromatic heterocycles. The predicted molar refractivity (Wildman–Crippen MR) is 82.9 cm³/mol. The summed E-state index contributed by atoms with van der Waals surface area (Å²) in [6, 6.07) is 8.39. The van der Waals surface area contributed by atoms with Gasteiger partial charge in [0.2, 0.25) is 0 Å². The molecule has 5 heteroatoms. The summed E-state index contributed by atoms with van der Waals surface area (Å²) < 4.78 is 0. The molecule has 0 saturated heterocycles. The van der Waals surface area contributed by atoms with Crippen LogP contribution in [0.5, 0.6) is 0 Å². The van der Waals surface area contributed by atoms with Crippen molar-refractivity contribution in [3.63, 3.8) is 0 Å². The highest BCUT2D eigenvalue weighted by molar-refractivity contribution is 5.82. The number of hydrogen-bond donors (Lipinski definition) is 3. The summed E-state index contributed by atoms with van der Waals surface area (Å²) in [6.07, 6.45) is 4.11. The predicted octanol–water partition coefficient (Wildman–Crippen LogP) is 2.50. The van der Waals surface area contributed by atoms with E-state index in [1.807, 2.05) is 56.3 Å². The van der Waals surface area contributed by atoms with E-state index < -0.39 is 18.0 Å². The SMILES string of the molecule is CC(C)CC(NC(=O)NC/C=C/c1ccccc1)C(=O)O. The number of carbonyl (C=O) groups excluding carboxylic acids is 1. The second-order valence-corrected chi connectivity index (χ2v) is 5.19. The molecule has 0 aliphatic rings. The lowest BCUT2D eigenvalue weighted by Gasteiger charge is -2.16. The smallest absolute Gasteiger partial charge is 0.326 e. The average molecular weight is 290 g/mol. The Balaban J connectivity index is 2.36. The molecule has 1 aromatic rings. The van der Waals surface area contributed by atoms with E-state index in [4.69, 9.17) is 5.11 Å². The molecule has 0 spiro atoms. The van der Waals surface area contributed by atoms with Crippen molar-refractivity contribution in [2.75, 3.05) is 6.54 Å². The maximum Gasteiger partial charge on any atom is 0.326 e. The molecule has 0 heterocycles. The van der Waals surface area contributed by atoms with Crippen LogP contribution in [0.25, 0.3) is 6.08 Å². The van der Waals surface area contributed by atoms with E-state index in [9.17, 15) is 9.59 Å². The Labute approximate surface area is 125 Å². The number of hydrogen-bond acceptors (Lipinski definition) is 2. The Morgan fingerprint density at radius 2 is 1.90 bits per heavy atom. The molecule has 3 N–H and O–H groups in total. The second kappa shape index (κ2) is 8.79. The van der Waals surface area contributed by atoms with E-state index in [2.05, 4.69) is 10.6 Å². The third-order valence-corrected chi connectivity index (χ3v) is 2.80. The standard InChI is InChI=1S/C16H22N2O3/c1-12(2)11-14(15(19)20)18-16(21)17-10-6-9-13-7-4-3-5-8-13/h3-9,12,14H,10-11H2,1-2H3,(H,19,20)(H2,17,18,21)/b9-6+. The number of urea groups is 1. The first-order chi connectivity index (χ1) is 9.99. The van der Waals surface area contributed by atoms with Gasteiger partial charge >= 0.3 is 12.0 Å². The molecule has 2 amide bonds. The van der Waals surface area contributed by atoms with Crippen LogP contribution < -0.4 is 10.6 Å². The van der Waals surface area contributed by atoms with Gasteiger partial charge in [0.25, 0.3) is 0 Å². The minimum Gasteiger partial charge on any atom is -0.480 e. The zero-order chi connectivity index (χ0) is 15.7. The molecule has 5 nitrogen and oxygen atoms in total. The van der Waals surface area contributed by atoms with Gasteiger partial charge in [0.05, 0.1) is 0 Å². The lowest BCUT2D eigenvalue weighted by Crippen LogP contribution is -2.46. The van der Waals surface area contributed by atoms with Crippen molar-refractivity contribution >= 4 is 18.1 Å². The molecule has 0 radical (unpaired) electrons. The summed E-state index contributed by atoms with van der Waals surface area (Å²) >= 11 is 0. The minimum absolute atomic E-state index is 0.198. The summed E-state index contributed by atoms with van der Waals surface area (Å²) in [6.45, 7) is 4.17. The third kappa shape index (κ3) is 7.15. The quantitative estimate of drug-likeness (QED) is 0.722. The summed E-state index contributed by atoms with van der Waals surface area (Å²) in [5.41, 5.74) is 1.04. The number of carboxylic acid groups (broad SMARTS) is 1. The highest BCUT2D eigenvalue weighted by atomic mass is 16.4. The first kappa shape index (κ1) is 16.8. The largest absolute Gasteiger partial charge is 0.480 e. The van der Waals surface area contributed by atoms with Gasteiger partial charge in [-0.25, -0.2) is 9.59 Å². The summed E-state index contributed by atoms with van der Waals surface area (Å²) in [7, 11) is 0. The van der Waals surface area contributed by atoms with Gasteiger partial charge in [0, 0.05) is 6.54 Å². The van der Waals surface area contributed by atoms with E-state index in [-0.39, 0.29) is 5.92 Å². The molecule has 1 unspecified atom stereocenters.